The predicted octanol–water partition coefficient (Wildman–Crippen LogP) is 1.46. The molecule has 1 aromatic rings. The number of ether oxygens (including phenoxy) is 2. The second kappa shape index (κ2) is 7.80. The summed E-state index contributed by atoms with van der Waals surface area (Å²) in [5.41, 5.74) is 0. The van der Waals surface area contributed by atoms with Gasteiger partial charge in [-0.3, -0.25) is 4.79 Å². The Morgan fingerprint density at radius 2 is 2.14 bits per heavy atom. The first-order valence-corrected chi connectivity index (χ1v) is 6.36. The van der Waals surface area contributed by atoms with Gasteiger partial charge >= 0.3 is 5.97 Å². The zero-order valence-electron chi connectivity index (χ0n) is 11.4. The number of halogens is 2. The highest BCUT2D eigenvalue weighted by Gasteiger charge is 2.24. The van der Waals surface area contributed by atoms with Gasteiger partial charge in [-0.2, -0.15) is 0 Å². The zero-order chi connectivity index (χ0) is 16.0. The Hall–Kier alpha value is -1.86. The highest BCUT2D eigenvalue weighted by molar-refractivity contribution is 6.32. The molecule has 21 heavy (non-hydrogen) atoms. The van der Waals surface area contributed by atoms with E-state index in [1.54, 1.807) is 0 Å². The fraction of sp³-hybridized carbons (Fsp3) is 0.385. The molecule has 0 saturated carbocycles. The van der Waals surface area contributed by atoms with E-state index in [1.165, 1.54) is 20.1 Å². The van der Waals surface area contributed by atoms with E-state index < -0.39 is 29.8 Å². The number of nitrogens with one attached hydrogen (secondary N) is 1. The third-order valence-electron chi connectivity index (χ3n) is 2.51. The molecule has 0 aliphatic heterocycles. The van der Waals surface area contributed by atoms with Crippen molar-refractivity contribution in [2.75, 3.05) is 13.7 Å². The molecule has 0 fully saturated rings. The predicted molar refractivity (Wildman–Crippen MR) is 72.9 cm³/mol. The Kier molecular flexibility index (Phi) is 6.39. The van der Waals surface area contributed by atoms with Crippen LogP contribution in [0.3, 0.4) is 0 Å². The summed E-state index contributed by atoms with van der Waals surface area (Å²) < 4.78 is 22.9. The normalized spacial score (nSPS) is 13.3. The fourth-order valence-electron chi connectivity index (χ4n) is 1.45. The van der Waals surface area contributed by atoms with E-state index in [1.807, 2.05) is 0 Å². The summed E-state index contributed by atoms with van der Waals surface area (Å²) in [4.78, 5) is 22.7. The lowest BCUT2D eigenvalue weighted by Gasteiger charge is -2.18. The van der Waals surface area contributed by atoms with Crippen LogP contribution in [0, 0.1) is 5.82 Å². The van der Waals surface area contributed by atoms with Crippen LogP contribution in [0.15, 0.2) is 18.2 Å². The minimum atomic E-state index is -1.22. The summed E-state index contributed by atoms with van der Waals surface area (Å²) in [6, 6.07) is 2.28. The minimum Gasteiger partial charge on any atom is -0.480 e. The molecule has 2 atom stereocenters. The first-order chi connectivity index (χ1) is 9.85. The van der Waals surface area contributed by atoms with Crippen LogP contribution in [-0.2, 0) is 14.3 Å². The number of carboxylic acids is 1. The molecule has 1 rings (SSSR count). The Labute approximate surface area is 125 Å². The Balaban J connectivity index is 2.67. The van der Waals surface area contributed by atoms with Gasteiger partial charge in [-0.25, -0.2) is 9.18 Å². The van der Waals surface area contributed by atoms with Crippen molar-refractivity contribution in [2.45, 2.75) is 19.1 Å². The summed E-state index contributed by atoms with van der Waals surface area (Å²) in [7, 11) is 1.32. The first kappa shape index (κ1) is 17.2. The molecule has 0 radical (unpaired) electrons. The maximum absolute atomic E-state index is 12.9. The van der Waals surface area contributed by atoms with Gasteiger partial charge in [0.2, 0.25) is 0 Å². The number of rotatable bonds is 7. The van der Waals surface area contributed by atoms with Crippen molar-refractivity contribution in [3.05, 3.63) is 29.0 Å². The van der Waals surface area contributed by atoms with Gasteiger partial charge in [0, 0.05) is 7.11 Å². The van der Waals surface area contributed by atoms with Gasteiger partial charge in [-0.05, 0) is 25.1 Å². The number of hydrogen-bond donors (Lipinski definition) is 2. The van der Waals surface area contributed by atoms with Crippen molar-refractivity contribution in [3.63, 3.8) is 0 Å². The van der Waals surface area contributed by atoms with Crippen molar-refractivity contribution in [2.24, 2.45) is 0 Å². The second-order valence-corrected chi connectivity index (χ2v) is 4.60. The van der Waals surface area contributed by atoms with Gasteiger partial charge in [-0.1, -0.05) is 11.6 Å². The van der Waals surface area contributed by atoms with Crippen molar-refractivity contribution >= 4 is 23.5 Å². The lowest BCUT2D eigenvalue weighted by Crippen LogP contribution is -2.48. The molecule has 0 saturated heterocycles. The summed E-state index contributed by atoms with van der Waals surface area (Å²) in [6.07, 6.45) is -1.01. The molecule has 1 aromatic carbocycles. The molecule has 0 aliphatic rings. The molecule has 1 amide bonds. The zero-order valence-corrected chi connectivity index (χ0v) is 12.2. The molecule has 0 aromatic heterocycles. The molecule has 2 N–H and O–H groups in total. The standard InChI is InChI=1S/C13H15ClFNO5/c1-7(12(17)16-10(6-20-2)13(18)19)21-11-4-3-8(15)5-9(11)14/h3-5,7,10H,6H2,1-2H3,(H,16,17)(H,18,19). The van der Waals surface area contributed by atoms with Crippen LogP contribution in [0.5, 0.6) is 5.75 Å². The Morgan fingerprint density at radius 1 is 1.48 bits per heavy atom. The quantitative estimate of drug-likeness (QED) is 0.795. The number of aliphatic carboxylic acids is 1. The largest absolute Gasteiger partial charge is 0.480 e. The van der Waals surface area contributed by atoms with Crippen LogP contribution >= 0.6 is 11.6 Å². The highest BCUT2D eigenvalue weighted by atomic mass is 35.5. The van der Waals surface area contributed by atoms with Gasteiger partial charge in [0.1, 0.15) is 11.6 Å². The van der Waals surface area contributed by atoms with E-state index in [9.17, 15) is 14.0 Å². The Bertz CT molecular complexity index is 525. The highest BCUT2D eigenvalue weighted by Crippen LogP contribution is 2.25. The number of carboxylic acid groups (broad SMARTS) is 1. The maximum Gasteiger partial charge on any atom is 0.328 e. The van der Waals surface area contributed by atoms with Crippen LogP contribution in [0.1, 0.15) is 6.92 Å². The lowest BCUT2D eigenvalue weighted by molar-refractivity contribution is -0.144. The minimum absolute atomic E-state index is 0.0151. The van der Waals surface area contributed by atoms with Crippen molar-refractivity contribution in [3.8, 4) is 5.75 Å². The van der Waals surface area contributed by atoms with E-state index >= 15 is 0 Å². The van der Waals surface area contributed by atoms with Crippen LogP contribution < -0.4 is 10.1 Å². The van der Waals surface area contributed by atoms with Gasteiger partial charge in [0.05, 0.1) is 11.6 Å². The van der Waals surface area contributed by atoms with Gasteiger partial charge < -0.3 is 19.9 Å². The molecular weight excluding hydrogens is 305 g/mol. The Morgan fingerprint density at radius 3 is 2.67 bits per heavy atom. The maximum atomic E-state index is 12.9. The van der Waals surface area contributed by atoms with E-state index in [-0.39, 0.29) is 17.4 Å². The molecule has 6 nitrogen and oxygen atoms in total. The van der Waals surface area contributed by atoms with Gasteiger partial charge in [-0.15, -0.1) is 0 Å². The van der Waals surface area contributed by atoms with Crippen molar-refractivity contribution in [1.82, 2.24) is 5.32 Å². The fourth-order valence-corrected chi connectivity index (χ4v) is 1.66. The summed E-state index contributed by atoms with van der Waals surface area (Å²) in [5, 5.41) is 11.2. The van der Waals surface area contributed by atoms with Crippen LogP contribution in [0.2, 0.25) is 5.02 Å². The third kappa shape index (κ3) is 5.20. The van der Waals surface area contributed by atoms with E-state index in [0.29, 0.717) is 0 Å². The van der Waals surface area contributed by atoms with E-state index in [0.717, 1.165) is 12.1 Å². The van der Waals surface area contributed by atoms with Crippen LogP contribution in [0.25, 0.3) is 0 Å². The average Bonchev–Trinajstić information content (AvgIpc) is 2.41. The summed E-state index contributed by atoms with van der Waals surface area (Å²) in [5.74, 6) is -2.29. The average molecular weight is 320 g/mol. The lowest BCUT2D eigenvalue weighted by atomic mass is 10.2. The molecule has 8 heteroatoms. The second-order valence-electron chi connectivity index (χ2n) is 4.19. The molecular formula is C13H15ClFNO5. The smallest absolute Gasteiger partial charge is 0.328 e. The third-order valence-corrected chi connectivity index (χ3v) is 2.81. The molecule has 116 valence electrons. The topological polar surface area (TPSA) is 84.9 Å². The number of methoxy groups -OCH3 is 1. The van der Waals surface area contributed by atoms with Gasteiger partial charge in [0.25, 0.3) is 5.91 Å². The number of hydrogen-bond acceptors (Lipinski definition) is 4. The SMILES string of the molecule is COCC(NC(=O)C(C)Oc1ccc(F)cc1Cl)C(=O)O. The van der Waals surface area contributed by atoms with Crippen molar-refractivity contribution in [1.29, 1.82) is 0 Å². The molecule has 0 spiro atoms. The van der Waals surface area contributed by atoms with E-state index in [4.69, 9.17) is 26.2 Å². The number of carbonyl (C=O) groups excluding carboxylic acids is 1. The number of benzene rings is 1. The number of carbonyl (C=O) groups is 2. The summed E-state index contributed by atoms with van der Waals surface area (Å²) in [6.45, 7) is 1.24. The van der Waals surface area contributed by atoms with Crippen LogP contribution in [-0.4, -0.2) is 42.8 Å². The molecule has 0 aliphatic carbocycles. The van der Waals surface area contributed by atoms with E-state index in [2.05, 4.69) is 5.32 Å². The van der Waals surface area contributed by atoms with Gasteiger partial charge in [0.15, 0.2) is 12.1 Å². The van der Waals surface area contributed by atoms with Crippen molar-refractivity contribution < 1.29 is 28.6 Å². The molecule has 2 unspecified atom stereocenters. The summed E-state index contributed by atoms with van der Waals surface area (Å²) >= 11 is 5.77. The van der Waals surface area contributed by atoms with Crippen LogP contribution in [0.4, 0.5) is 4.39 Å². The molecule has 0 bridgehead atoms. The monoisotopic (exact) mass is 319 g/mol. The molecule has 0 heterocycles. The number of amides is 1. The first-order valence-electron chi connectivity index (χ1n) is 5.99.